The van der Waals surface area contributed by atoms with Crippen LogP contribution in [-0.2, 0) is 9.59 Å². The topological polar surface area (TPSA) is 62.7 Å². The molecule has 2 fully saturated rings. The molecular weight excluding hydrogens is 442 g/mol. The van der Waals surface area contributed by atoms with Gasteiger partial charge < -0.3 is 9.64 Å². The van der Waals surface area contributed by atoms with Crippen molar-refractivity contribution in [3.05, 3.63) is 42.5 Å². The maximum Gasteiger partial charge on any atom is 0.247 e. The van der Waals surface area contributed by atoms with Crippen molar-refractivity contribution in [3.63, 3.8) is 0 Å². The van der Waals surface area contributed by atoms with Gasteiger partial charge in [-0.25, -0.2) is 9.88 Å². The Bertz CT molecular complexity index is 1140. The molecule has 2 amide bonds. The third-order valence-electron chi connectivity index (χ3n) is 5.83. The molecule has 0 bridgehead atoms. The summed E-state index contributed by atoms with van der Waals surface area (Å²) in [6.07, 6.45) is 3.90. The smallest absolute Gasteiger partial charge is 0.247 e. The quantitative estimate of drug-likeness (QED) is 0.470. The number of benzene rings is 2. The number of aromatic nitrogens is 1. The Kier molecular flexibility index (Phi) is 6.06. The Morgan fingerprint density at radius 2 is 1.81 bits per heavy atom. The van der Waals surface area contributed by atoms with Crippen molar-refractivity contribution < 1.29 is 14.3 Å². The highest BCUT2D eigenvalue weighted by molar-refractivity contribution is 8.02. The van der Waals surface area contributed by atoms with Crippen molar-refractivity contribution >= 4 is 56.5 Å². The minimum Gasteiger partial charge on any atom is -0.494 e. The molecule has 3 aromatic rings. The summed E-state index contributed by atoms with van der Waals surface area (Å²) >= 11 is 2.91. The lowest BCUT2D eigenvalue weighted by Crippen LogP contribution is -2.31. The van der Waals surface area contributed by atoms with Gasteiger partial charge in [-0.05, 0) is 68.7 Å². The molecule has 1 atom stereocenters. The van der Waals surface area contributed by atoms with Gasteiger partial charge in [0.1, 0.15) is 11.0 Å². The van der Waals surface area contributed by atoms with Crippen LogP contribution < -0.4 is 14.5 Å². The number of amides is 2. The van der Waals surface area contributed by atoms with Crippen LogP contribution in [0.25, 0.3) is 10.2 Å². The van der Waals surface area contributed by atoms with E-state index in [0.29, 0.717) is 12.3 Å². The second-order valence-corrected chi connectivity index (χ2v) is 10.5. The summed E-state index contributed by atoms with van der Waals surface area (Å²) in [5.74, 6) is 0.490. The van der Waals surface area contributed by atoms with E-state index in [1.807, 2.05) is 49.4 Å². The van der Waals surface area contributed by atoms with E-state index in [4.69, 9.17) is 4.74 Å². The molecule has 0 unspecified atom stereocenters. The van der Waals surface area contributed by atoms with Crippen LogP contribution in [0.5, 0.6) is 5.75 Å². The average molecular weight is 468 g/mol. The number of nitrogens with zero attached hydrogens (tertiary/aromatic N) is 3. The number of thioether (sulfide) groups is 1. The Hall–Kier alpha value is -2.58. The highest BCUT2D eigenvalue weighted by Gasteiger charge is 2.40. The number of hydrogen-bond donors (Lipinski definition) is 0. The third kappa shape index (κ3) is 4.21. The number of rotatable bonds is 6. The fourth-order valence-electron chi connectivity index (χ4n) is 4.24. The van der Waals surface area contributed by atoms with Gasteiger partial charge in [0.05, 0.1) is 22.5 Å². The molecule has 2 aliphatic heterocycles. The number of hydrogen-bond acceptors (Lipinski definition) is 7. The minimum absolute atomic E-state index is 0.155. The van der Waals surface area contributed by atoms with Crippen molar-refractivity contribution in [3.8, 4) is 5.75 Å². The fraction of sp³-hybridized carbons (Fsp3) is 0.375. The molecule has 0 radical (unpaired) electrons. The lowest BCUT2D eigenvalue weighted by atomic mass is 10.1. The van der Waals surface area contributed by atoms with Crippen LogP contribution in [-0.4, -0.2) is 41.7 Å². The van der Waals surface area contributed by atoms with Crippen LogP contribution in [0.3, 0.4) is 0 Å². The van der Waals surface area contributed by atoms with E-state index in [2.05, 4.69) is 9.88 Å². The molecule has 2 aliphatic rings. The van der Waals surface area contributed by atoms with Crippen LogP contribution >= 0.6 is 23.1 Å². The maximum absolute atomic E-state index is 13.1. The molecule has 3 heterocycles. The molecule has 0 N–H and O–H groups in total. The number of carbonyl (C=O) groups excluding carboxylic acids is 2. The first kappa shape index (κ1) is 21.3. The lowest BCUT2D eigenvalue weighted by Gasteiger charge is -2.29. The average Bonchev–Trinajstić information content (AvgIpc) is 3.34. The zero-order chi connectivity index (χ0) is 22.1. The molecule has 5 rings (SSSR count). The predicted octanol–water partition coefficient (Wildman–Crippen LogP) is 5.11. The molecule has 6 nitrogen and oxygen atoms in total. The largest absolute Gasteiger partial charge is 0.494 e. The Morgan fingerprint density at radius 3 is 2.56 bits per heavy atom. The van der Waals surface area contributed by atoms with Crippen LogP contribution in [0.2, 0.25) is 0 Å². The predicted molar refractivity (Wildman–Crippen MR) is 130 cm³/mol. The van der Waals surface area contributed by atoms with E-state index in [0.717, 1.165) is 39.1 Å². The summed E-state index contributed by atoms with van der Waals surface area (Å²) in [4.78, 5) is 34.1. The molecule has 0 saturated carbocycles. The van der Waals surface area contributed by atoms with Gasteiger partial charge in [-0.1, -0.05) is 11.8 Å². The molecule has 2 aromatic carbocycles. The van der Waals surface area contributed by atoms with Gasteiger partial charge in [-0.3, -0.25) is 9.59 Å². The molecule has 1 aromatic heterocycles. The third-order valence-corrected chi connectivity index (χ3v) is 8.13. The standard InChI is InChI=1S/C24H25N3O3S2/c1-2-30-18-10-11-19-20(14-18)31-24(25-19)32-21-15-22(28)27(23(21)29)17-8-6-16(7-9-17)26-12-4-3-5-13-26/h6-11,14,21H,2-5,12-13,15H2,1H3/t21-/m1/s1. The number of anilines is 2. The normalized spacial score (nSPS) is 19.2. The summed E-state index contributed by atoms with van der Waals surface area (Å²) in [6.45, 7) is 4.69. The first-order chi connectivity index (χ1) is 15.6. The zero-order valence-corrected chi connectivity index (χ0v) is 19.6. The molecule has 2 saturated heterocycles. The Morgan fingerprint density at radius 1 is 1.06 bits per heavy atom. The van der Waals surface area contributed by atoms with E-state index in [-0.39, 0.29) is 18.2 Å². The van der Waals surface area contributed by atoms with Crippen molar-refractivity contribution in [2.45, 2.75) is 42.2 Å². The van der Waals surface area contributed by atoms with E-state index in [1.165, 1.54) is 47.3 Å². The first-order valence-electron chi connectivity index (χ1n) is 11.0. The number of thiazole rings is 1. The summed E-state index contributed by atoms with van der Waals surface area (Å²) in [5, 5.41) is -0.448. The van der Waals surface area contributed by atoms with Crippen LogP contribution in [0.15, 0.2) is 46.8 Å². The Balaban J connectivity index is 1.30. The molecule has 0 aliphatic carbocycles. The maximum atomic E-state index is 13.1. The van der Waals surface area contributed by atoms with Crippen LogP contribution in [0.1, 0.15) is 32.6 Å². The van der Waals surface area contributed by atoms with Crippen molar-refractivity contribution in [2.24, 2.45) is 0 Å². The van der Waals surface area contributed by atoms with Gasteiger partial charge in [0.2, 0.25) is 11.8 Å². The number of ether oxygens (including phenoxy) is 1. The van der Waals surface area contributed by atoms with Gasteiger partial charge in [-0.2, -0.15) is 0 Å². The molecule has 0 spiro atoms. The van der Waals surface area contributed by atoms with Gasteiger partial charge in [0.15, 0.2) is 4.34 Å². The van der Waals surface area contributed by atoms with E-state index in [9.17, 15) is 9.59 Å². The summed E-state index contributed by atoms with van der Waals surface area (Å²) in [7, 11) is 0. The van der Waals surface area contributed by atoms with Gasteiger partial charge in [0, 0.05) is 25.2 Å². The van der Waals surface area contributed by atoms with Crippen LogP contribution in [0, 0.1) is 0 Å². The number of carbonyl (C=O) groups is 2. The molecule has 166 valence electrons. The monoisotopic (exact) mass is 467 g/mol. The molecular formula is C24H25N3O3S2. The van der Waals surface area contributed by atoms with Gasteiger partial charge in [-0.15, -0.1) is 11.3 Å². The SMILES string of the molecule is CCOc1ccc2nc(S[C@@H]3CC(=O)N(c4ccc(N5CCCCC5)cc4)C3=O)sc2c1. The highest BCUT2D eigenvalue weighted by Crippen LogP contribution is 2.38. The van der Waals surface area contributed by atoms with Crippen LogP contribution in [0.4, 0.5) is 11.4 Å². The summed E-state index contributed by atoms with van der Waals surface area (Å²) in [5.41, 5.74) is 2.68. The number of piperidine rings is 1. The van der Waals surface area contributed by atoms with Crippen molar-refractivity contribution in [2.75, 3.05) is 29.5 Å². The van der Waals surface area contributed by atoms with Crippen molar-refractivity contribution in [1.29, 1.82) is 0 Å². The second-order valence-electron chi connectivity index (χ2n) is 7.98. The van der Waals surface area contributed by atoms with Crippen molar-refractivity contribution in [1.82, 2.24) is 4.98 Å². The first-order valence-corrected chi connectivity index (χ1v) is 12.7. The molecule has 8 heteroatoms. The lowest BCUT2D eigenvalue weighted by molar-refractivity contribution is -0.121. The number of fused-ring (bicyclic) bond motifs is 1. The minimum atomic E-state index is -0.448. The Labute approximate surface area is 195 Å². The second kappa shape index (κ2) is 9.11. The van der Waals surface area contributed by atoms with E-state index < -0.39 is 5.25 Å². The summed E-state index contributed by atoms with van der Waals surface area (Å²) in [6, 6.07) is 13.6. The molecule has 32 heavy (non-hydrogen) atoms. The number of imide groups is 1. The zero-order valence-electron chi connectivity index (χ0n) is 18.0. The van der Waals surface area contributed by atoms with E-state index >= 15 is 0 Å². The highest BCUT2D eigenvalue weighted by atomic mass is 32.2. The fourth-order valence-corrected chi connectivity index (χ4v) is 6.61. The van der Waals surface area contributed by atoms with Gasteiger partial charge in [0.25, 0.3) is 0 Å². The summed E-state index contributed by atoms with van der Waals surface area (Å²) < 4.78 is 7.37. The van der Waals surface area contributed by atoms with Gasteiger partial charge >= 0.3 is 0 Å². The van der Waals surface area contributed by atoms with E-state index in [1.54, 1.807) is 0 Å².